The Balaban J connectivity index is 2.37. The van der Waals surface area contributed by atoms with Gasteiger partial charge in [0.1, 0.15) is 5.75 Å². The van der Waals surface area contributed by atoms with Crippen LogP contribution in [0.15, 0.2) is 29.6 Å². The van der Waals surface area contributed by atoms with Crippen molar-refractivity contribution in [2.45, 2.75) is 26.3 Å². The molecule has 0 amide bonds. The molecule has 0 radical (unpaired) electrons. The average Bonchev–Trinajstić information content (AvgIpc) is 2.88. The summed E-state index contributed by atoms with van der Waals surface area (Å²) in [6, 6.07) is 8.91. The molecule has 0 aliphatic carbocycles. The highest BCUT2D eigenvalue weighted by molar-refractivity contribution is 7.09. The number of ether oxygens (including phenoxy) is 1. The van der Waals surface area contributed by atoms with E-state index < -0.39 is 0 Å². The molecule has 3 heteroatoms. The lowest BCUT2D eigenvalue weighted by Crippen LogP contribution is -2.20. The molecule has 0 aliphatic rings. The maximum Gasteiger partial charge on any atom is 0.124 e. The lowest BCUT2D eigenvalue weighted by molar-refractivity contribution is 0.400. The lowest BCUT2D eigenvalue weighted by atomic mass is 9.95. The minimum Gasteiger partial charge on any atom is -0.496 e. The number of hydrogen-bond acceptors (Lipinski definition) is 3. The second kappa shape index (κ2) is 6.22. The van der Waals surface area contributed by atoms with Crippen molar-refractivity contribution in [2.75, 3.05) is 14.2 Å². The van der Waals surface area contributed by atoms with Gasteiger partial charge in [0, 0.05) is 22.9 Å². The molecule has 2 nitrogen and oxygen atoms in total. The average molecular weight is 275 g/mol. The van der Waals surface area contributed by atoms with E-state index in [0.717, 1.165) is 12.2 Å². The van der Waals surface area contributed by atoms with E-state index >= 15 is 0 Å². The first-order valence-corrected chi connectivity index (χ1v) is 7.38. The maximum atomic E-state index is 5.57. The van der Waals surface area contributed by atoms with Crippen LogP contribution in [-0.4, -0.2) is 14.2 Å². The van der Waals surface area contributed by atoms with E-state index in [0.29, 0.717) is 0 Å². The number of methoxy groups -OCH3 is 1. The van der Waals surface area contributed by atoms with Gasteiger partial charge in [-0.25, -0.2) is 0 Å². The smallest absolute Gasteiger partial charge is 0.124 e. The van der Waals surface area contributed by atoms with Crippen molar-refractivity contribution >= 4 is 11.3 Å². The second-order valence-electron chi connectivity index (χ2n) is 4.82. The molecule has 102 valence electrons. The largest absolute Gasteiger partial charge is 0.496 e. The van der Waals surface area contributed by atoms with Crippen LogP contribution in [0.3, 0.4) is 0 Å². The summed E-state index contributed by atoms with van der Waals surface area (Å²) in [6.45, 7) is 4.26. The van der Waals surface area contributed by atoms with E-state index in [1.54, 1.807) is 18.4 Å². The number of hydrogen-bond donors (Lipinski definition) is 1. The first-order chi connectivity index (χ1) is 9.15. The van der Waals surface area contributed by atoms with Crippen molar-refractivity contribution in [3.8, 4) is 5.75 Å². The molecule has 0 saturated heterocycles. The van der Waals surface area contributed by atoms with Gasteiger partial charge in [0.15, 0.2) is 0 Å². The molecular formula is C16H21NOS. The normalized spacial score (nSPS) is 12.4. The summed E-state index contributed by atoms with van der Waals surface area (Å²) in [4.78, 5) is 1.39. The Bertz CT molecular complexity index is 534. The fourth-order valence-corrected chi connectivity index (χ4v) is 3.29. The highest BCUT2D eigenvalue weighted by Crippen LogP contribution is 2.32. The van der Waals surface area contributed by atoms with Gasteiger partial charge in [0.2, 0.25) is 0 Å². The fraction of sp³-hybridized carbons (Fsp3) is 0.375. The summed E-state index contributed by atoms with van der Waals surface area (Å²) < 4.78 is 5.57. The topological polar surface area (TPSA) is 21.3 Å². The molecule has 1 unspecified atom stereocenters. The van der Waals surface area contributed by atoms with Crippen LogP contribution in [0.1, 0.15) is 27.6 Å². The summed E-state index contributed by atoms with van der Waals surface area (Å²) >= 11 is 1.80. The van der Waals surface area contributed by atoms with Gasteiger partial charge in [-0.05, 0) is 49.5 Å². The van der Waals surface area contributed by atoms with Gasteiger partial charge < -0.3 is 10.1 Å². The molecular weight excluding hydrogens is 254 g/mol. The Kier molecular flexibility index (Phi) is 4.61. The van der Waals surface area contributed by atoms with Crippen molar-refractivity contribution in [1.82, 2.24) is 5.32 Å². The van der Waals surface area contributed by atoms with Gasteiger partial charge in [-0.3, -0.25) is 0 Å². The molecule has 1 heterocycles. The number of thiophene rings is 1. The predicted octanol–water partition coefficient (Wildman–Crippen LogP) is 3.88. The van der Waals surface area contributed by atoms with Crippen molar-refractivity contribution in [1.29, 1.82) is 0 Å². The van der Waals surface area contributed by atoms with Gasteiger partial charge in [-0.2, -0.15) is 0 Å². The van der Waals surface area contributed by atoms with Crippen LogP contribution < -0.4 is 10.1 Å². The highest BCUT2D eigenvalue weighted by atomic mass is 32.1. The molecule has 1 atom stereocenters. The molecule has 0 fully saturated rings. The van der Waals surface area contributed by atoms with Crippen molar-refractivity contribution < 1.29 is 4.74 Å². The first kappa shape index (κ1) is 14.1. The summed E-state index contributed by atoms with van der Waals surface area (Å²) in [5.74, 6) is 0.980. The molecule has 0 spiro atoms. The number of rotatable bonds is 5. The third kappa shape index (κ3) is 3.17. The minimum atomic E-state index is 0.286. The zero-order valence-electron chi connectivity index (χ0n) is 12.0. The van der Waals surface area contributed by atoms with Gasteiger partial charge in [-0.15, -0.1) is 11.3 Å². The summed E-state index contributed by atoms with van der Waals surface area (Å²) in [6.07, 6.45) is 0.994. The molecule has 0 saturated carbocycles. The molecule has 2 rings (SSSR count). The summed E-state index contributed by atoms with van der Waals surface area (Å²) in [7, 11) is 3.76. The molecule has 1 N–H and O–H groups in total. The lowest BCUT2D eigenvalue weighted by Gasteiger charge is -2.22. The molecule has 2 aromatic rings. The predicted molar refractivity (Wildman–Crippen MR) is 82.3 cm³/mol. The third-order valence-corrected chi connectivity index (χ3v) is 4.29. The fourth-order valence-electron chi connectivity index (χ4n) is 2.53. The van der Waals surface area contributed by atoms with Crippen LogP contribution in [0.5, 0.6) is 5.75 Å². The summed E-state index contributed by atoms with van der Waals surface area (Å²) in [5, 5.41) is 5.54. The number of nitrogens with one attached hydrogen (secondary N) is 1. The van der Waals surface area contributed by atoms with Crippen molar-refractivity contribution in [3.63, 3.8) is 0 Å². The van der Waals surface area contributed by atoms with E-state index in [1.807, 2.05) is 7.05 Å². The molecule has 1 aromatic carbocycles. The van der Waals surface area contributed by atoms with Crippen LogP contribution in [0.25, 0.3) is 0 Å². The van der Waals surface area contributed by atoms with E-state index in [-0.39, 0.29) is 6.04 Å². The number of aryl methyl sites for hydroxylation is 2. The minimum absolute atomic E-state index is 0.286. The summed E-state index contributed by atoms with van der Waals surface area (Å²) in [5.41, 5.74) is 3.79. The Labute approximate surface area is 119 Å². The Morgan fingerprint density at radius 1 is 1.32 bits per heavy atom. The molecule has 1 aromatic heterocycles. The standard InChI is InChI=1S/C16H21NOS/c1-11-8-12(2)16(15(9-11)18-4)14(17-3)10-13-6-5-7-19-13/h5-9,14,17H,10H2,1-4H3. The van der Waals surface area contributed by atoms with Crippen molar-refractivity contribution in [2.24, 2.45) is 0 Å². The Morgan fingerprint density at radius 3 is 2.68 bits per heavy atom. The Hall–Kier alpha value is -1.32. The van der Waals surface area contributed by atoms with E-state index in [2.05, 4.69) is 48.8 Å². The van der Waals surface area contributed by atoms with Crippen LogP contribution in [0, 0.1) is 13.8 Å². The molecule has 19 heavy (non-hydrogen) atoms. The van der Waals surface area contributed by atoms with Crippen LogP contribution in [0.4, 0.5) is 0 Å². The molecule has 0 bridgehead atoms. The van der Waals surface area contributed by atoms with E-state index in [1.165, 1.54) is 21.6 Å². The van der Waals surface area contributed by atoms with Crippen LogP contribution in [-0.2, 0) is 6.42 Å². The first-order valence-electron chi connectivity index (χ1n) is 6.50. The van der Waals surface area contributed by atoms with Crippen LogP contribution >= 0.6 is 11.3 Å². The van der Waals surface area contributed by atoms with Crippen molar-refractivity contribution in [3.05, 3.63) is 51.2 Å². The highest BCUT2D eigenvalue weighted by Gasteiger charge is 2.18. The van der Waals surface area contributed by atoms with E-state index in [4.69, 9.17) is 4.74 Å². The zero-order chi connectivity index (χ0) is 13.8. The number of benzene rings is 1. The second-order valence-corrected chi connectivity index (χ2v) is 5.85. The SMILES string of the molecule is CNC(Cc1cccs1)c1c(C)cc(C)cc1OC. The van der Waals surface area contributed by atoms with Crippen LogP contribution in [0.2, 0.25) is 0 Å². The quantitative estimate of drug-likeness (QED) is 0.894. The van der Waals surface area contributed by atoms with Gasteiger partial charge in [0.05, 0.1) is 7.11 Å². The van der Waals surface area contributed by atoms with Gasteiger partial charge >= 0.3 is 0 Å². The Morgan fingerprint density at radius 2 is 2.11 bits per heavy atom. The van der Waals surface area contributed by atoms with Gasteiger partial charge in [0.25, 0.3) is 0 Å². The van der Waals surface area contributed by atoms with Gasteiger partial charge in [-0.1, -0.05) is 12.1 Å². The third-order valence-electron chi connectivity index (χ3n) is 3.40. The molecule has 0 aliphatic heterocycles. The monoisotopic (exact) mass is 275 g/mol. The zero-order valence-corrected chi connectivity index (χ0v) is 12.8. The van der Waals surface area contributed by atoms with E-state index in [9.17, 15) is 0 Å². The maximum absolute atomic E-state index is 5.57. The number of likely N-dealkylation sites (N-methyl/N-ethyl adjacent to an activating group) is 1.